The molecule has 1 aromatic rings. The molecule has 120 valence electrons. The molecule has 1 aromatic carbocycles. The molecule has 2 rings (SSSR count). The van der Waals surface area contributed by atoms with E-state index in [1.165, 1.54) is 18.4 Å². The molecule has 1 aliphatic rings. The Bertz CT molecular complexity index is 525. The van der Waals surface area contributed by atoms with Gasteiger partial charge in [-0.1, -0.05) is 24.6 Å². The molecule has 22 heavy (non-hydrogen) atoms. The van der Waals surface area contributed by atoms with E-state index in [1.807, 2.05) is 25.1 Å². The van der Waals surface area contributed by atoms with Gasteiger partial charge in [0, 0.05) is 12.6 Å². The Labute approximate surface area is 132 Å². The highest BCUT2D eigenvalue weighted by molar-refractivity contribution is 5.81. The van der Waals surface area contributed by atoms with Crippen molar-refractivity contribution in [3.63, 3.8) is 0 Å². The van der Waals surface area contributed by atoms with Crippen LogP contribution in [0.1, 0.15) is 39.0 Å². The molecule has 0 spiro atoms. The van der Waals surface area contributed by atoms with Crippen LogP contribution in [-0.2, 0) is 4.79 Å². The number of ether oxygens (including phenoxy) is 2. The lowest BCUT2D eigenvalue weighted by Crippen LogP contribution is -2.39. The summed E-state index contributed by atoms with van der Waals surface area (Å²) >= 11 is 0. The first-order chi connectivity index (χ1) is 10.7. The smallest absolute Gasteiger partial charge is 0.261 e. The SMILES string of the molecule is CC[C@@H](Oc1cccc(OC)c1)C(=O)NCC1=CCCCC1. The van der Waals surface area contributed by atoms with Gasteiger partial charge in [0.1, 0.15) is 11.5 Å². The summed E-state index contributed by atoms with van der Waals surface area (Å²) in [6, 6.07) is 7.33. The van der Waals surface area contributed by atoms with Gasteiger partial charge in [-0.3, -0.25) is 4.79 Å². The van der Waals surface area contributed by atoms with Crippen molar-refractivity contribution in [3.05, 3.63) is 35.9 Å². The molecule has 0 radical (unpaired) electrons. The van der Waals surface area contributed by atoms with E-state index >= 15 is 0 Å². The Kier molecular flexibility index (Phi) is 6.31. The average Bonchev–Trinajstić information content (AvgIpc) is 2.58. The van der Waals surface area contributed by atoms with Crippen LogP contribution >= 0.6 is 0 Å². The van der Waals surface area contributed by atoms with E-state index in [-0.39, 0.29) is 5.91 Å². The molecule has 0 heterocycles. The Hall–Kier alpha value is -1.97. The van der Waals surface area contributed by atoms with Gasteiger partial charge in [0.15, 0.2) is 6.10 Å². The first-order valence-corrected chi connectivity index (χ1v) is 7.99. The normalized spacial score (nSPS) is 15.6. The molecule has 1 aliphatic carbocycles. The van der Waals surface area contributed by atoms with Gasteiger partial charge in [-0.15, -0.1) is 0 Å². The number of nitrogens with one attached hydrogen (secondary N) is 1. The minimum atomic E-state index is -0.476. The lowest BCUT2D eigenvalue weighted by Gasteiger charge is -2.19. The molecule has 0 unspecified atom stereocenters. The van der Waals surface area contributed by atoms with Crippen molar-refractivity contribution in [3.8, 4) is 11.5 Å². The number of hydrogen-bond acceptors (Lipinski definition) is 3. The fraction of sp³-hybridized carbons (Fsp3) is 0.500. The third-order valence-corrected chi connectivity index (χ3v) is 3.86. The van der Waals surface area contributed by atoms with Crippen molar-refractivity contribution in [2.45, 2.75) is 45.1 Å². The predicted octanol–water partition coefficient (Wildman–Crippen LogP) is 3.47. The molecule has 0 saturated carbocycles. The molecule has 1 amide bonds. The second-order valence-corrected chi connectivity index (χ2v) is 5.52. The van der Waals surface area contributed by atoms with Crippen LogP contribution in [-0.4, -0.2) is 25.7 Å². The summed E-state index contributed by atoms with van der Waals surface area (Å²) in [5.41, 5.74) is 1.33. The Morgan fingerprint density at radius 1 is 1.32 bits per heavy atom. The van der Waals surface area contributed by atoms with Crippen molar-refractivity contribution in [2.75, 3.05) is 13.7 Å². The Balaban J connectivity index is 1.89. The van der Waals surface area contributed by atoms with Gasteiger partial charge >= 0.3 is 0 Å². The van der Waals surface area contributed by atoms with Gasteiger partial charge in [-0.2, -0.15) is 0 Å². The largest absolute Gasteiger partial charge is 0.497 e. The molecular formula is C18H25NO3. The van der Waals surface area contributed by atoms with Gasteiger partial charge in [-0.05, 0) is 44.2 Å². The highest BCUT2D eigenvalue weighted by Crippen LogP contribution is 2.21. The number of amides is 1. The fourth-order valence-electron chi connectivity index (χ4n) is 2.54. The molecule has 0 aliphatic heterocycles. The topological polar surface area (TPSA) is 47.6 Å². The summed E-state index contributed by atoms with van der Waals surface area (Å²) in [6.07, 6.45) is 7.09. The van der Waals surface area contributed by atoms with Gasteiger partial charge in [0.05, 0.1) is 7.11 Å². The van der Waals surface area contributed by atoms with Gasteiger partial charge in [0.25, 0.3) is 5.91 Å². The highest BCUT2D eigenvalue weighted by Gasteiger charge is 2.18. The van der Waals surface area contributed by atoms with Crippen LogP contribution in [0, 0.1) is 0 Å². The van der Waals surface area contributed by atoms with Crippen LogP contribution in [0.4, 0.5) is 0 Å². The lowest BCUT2D eigenvalue weighted by atomic mass is 10.00. The van der Waals surface area contributed by atoms with E-state index < -0.39 is 6.10 Å². The predicted molar refractivity (Wildman–Crippen MR) is 87.3 cm³/mol. The summed E-state index contributed by atoms with van der Waals surface area (Å²) in [7, 11) is 1.61. The molecule has 0 saturated heterocycles. The van der Waals surface area contributed by atoms with E-state index in [0.717, 1.165) is 18.6 Å². The van der Waals surface area contributed by atoms with Crippen LogP contribution in [0.25, 0.3) is 0 Å². The van der Waals surface area contributed by atoms with E-state index in [2.05, 4.69) is 11.4 Å². The van der Waals surface area contributed by atoms with Crippen molar-refractivity contribution < 1.29 is 14.3 Å². The number of allylic oxidation sites excluding steroid dienone is 1. The standard InChI is InChI=1S/C18H25NO3/c1-3-17(22-16-11-7-10-15(12-16)21-2)18(20)19-13-14-8-5-4-6-9-14/h7-8,10-12,17H,3-6,9,13H2,1-2H3,(H,19,20)/t17-/m1/s1. The molecule has 0 fully saturated rings. The van der Waals surface area contributed by atoms with Gasteiger partial charge in [-0.25, -0.2) is 0 Å². The van der Waals surface area contributed by atoms with Crippen LogP contribution < -0.4 is 14.8 Å². The Morgan fingerprint density at radius 3 is 2.82 bits per heavy atom. The van der Waals surface area contributed by atoms with Crippen LogP contribution in [0.3, 0.4) is 0 Å². The van der Waals surface area contributed by atoms with Crippen LogP contribution in [0.2, 0.25) is 0 Å². The summed E-state index contributed by atoms with van der Waals surface area (Å²) in [5.74, 6) is 1.31. The van der Waals surface area contributed by atoms with E-state index in [9.17, 15) is 4.79 Å². The van der Waals surface area contributed by atoms with Gasteiger partial charge < -0.3 is 14.8 Å². The van der Waals surface area contributed by atoms with Crippen molar-refractivity contribution >= 4 is 5.91 Å². The molecule has 0 aromatic heterocycles. The van der Waals surface area contributed by atoms with E-state index in [4.69, 9.17) is 9.47 Å². The average molecular weight is 303 g/mol. The summed E-state index contributed by atoms with van der Waals surface area (Å²) in [5, 5.41) is 2.99. The summed E-state index contributed by atoms with van der Waals surface area (Å²) in [6.45, 7) is 2.58. The zero-order valence-electron chi connectivity index (χ0n) is 13.4. The third-order valence-electron chi connectivity index (χ3n) is 3.86. The number of hydrogen-bond donors (Lipinski definition) is 1. The van der Waals surface area contributed by atoms with Crippen LogP contribution in [0.15, 0.2) is 35.9 Å². The summed E-state index contributed by atoms with van der Waals surface area (Å²) < 4.78 is 11.0. The molecule has 4 nitrogen and oxygen atoms in total. The number of benzene rings is 1. The first-order valence-electron chi connectivity index (χ1n) is 7.99. The summed E-state index contributed by atoms with van der Waals surface area (Å²) in [4.78, 5) is 12.3. The number of carbonyl (C=O) groups excluding carboxylic acids is 1. The zero-order valence-corrected chi connectivity index (χ0v) is 13.4. The highest BCUT2D eigenvalue weighted by atomic mass is 16.5. The maximum Gasteiger partial charge on any atom is 0.261 e. The minimum absolute atomic E-state index is 0.0585. The first kappa shape index (κ1) is 16.4. The molecule has 1 atom stereocenters. The second kappa shape index (κ2) is 8.47. The Morgan fingerprint density at radius 2 is 2.14 bits per heavy atom. The molecule has 1 N–H and O–H groups in total. The number of carbonyl (C=O) groups is 1. The van der Waals surface area contributed by atoms with Crippen molar-refractivity contribution in [1.29, 1.82) is 0 Å². The lowest BCUT2D eigenvalue weighted by molar-refractivity contribution is -0.127. The van der Waals surface area contributed by atoms with Crippen molar-refractivity contribution in [2.24, 2.45) is 0 Å². The zero-order chi connectivity index (χ0) is 15.8. The second-order valence-electron chi connectivity index (χ2n) is 5.52. The monoisotopic (exact) mass is 303 g/mol. The molecule has 0 bridgehead atoms. The van der Waals surface area contributed by atoms with Crippen molar-refractivity contribution in [1.82, 2.24) is 5.32 Å². The molecule has 4 heteroatoms. The van der Waals surface area contributed by atoms with E-state index in [1.54, 1.807) is 13.2 Å². The number of methoxy groups -OCH3 is 1. The number of rotatable bonds is 7. The van der Waals surface area contributed by atoms with Gasteiger partial charge in [0.2, 0.25) is 0 Å². The maximum absolute atomic E-state index is 12.3. The quantitative estimate of drug-likeness (QED) is 0.785. The third kappa shape index (κ3) is 4.79. The fourth-order valence-corrected chi connectivity index (χ4v) is 2.54. The minimum Gasteiger partial charge on any atom is -0.497 e. The van der Waals surface area contributed by atoms with E-state index in [0.29, 0.717) is 18.7 Å². The molecular weight excluding hydrogens is 278 g/mol. The maximum atomic E-state index is 12.3. The van der Waals surface area contributed by atoms with Crippen LogP contribution in [0.5, 0.6) is 11.5 Å².